The average Bonchev–Trinajstić information content (AvgIpc) is 3.68. The van der Waals surface area contributed by atoms with Crippen molar-refractivity contribution < 1.29 is 22.6 Å². The molecule has 0 saturated carbocycles. The lowest BCUT2D eigenvalue weighted by Crippen LogP contribution is -2.50. The first-order valence-corrected chi connectivity index (χ1v) is 14.2. The van der Waals surface area contributed by atoms with Crippen LogP contribution in [0.2, 0.25) is 0 Å². The number of allylic oxidation sites excluding steroid dienone is 2. The quantitative estimate of drug-likeness (QED) is 0.202. The van der Waals surface area contributed by atoms with Crippen LogP contribution in [-0.4, -0.2) is 45.7 Å². The summed E-state index contributed by atoms with van der Waals surface area (Å²) in [5.74, 6) is 0.427. The van der Waals surface area contributed by atoms with Crippen molar-refractivity contribution in [3.05, 3.63) is 95.2 Å². The van der Waals surface area contributed by atoms with Crippen molar-refractivity contribution in [2.75, 3.05) is 13.2 Å². The highest BCUT2D eigenvalue weighted by Gasteiger charge is 2.52. The van der Waals surface area contributed by atoms with Crippen molar-refractivity contribution in [3.63, 3.8) is 0 Å². The molecule has 0 radical (unpaired) electrons. The predicted molar refractivity (Wildman–Crippen MR) is 162 cm³/mol. The third-order valence-corrected chi connectivity index (χ3v) is 7.34. The van der Waals surface area contributed by atoms with Crippen LogP contribution in [0.1, 0.15) is 69.1 Å². The number of hydrogen-bond acceptors (Lipinski definition) is 2. The molecule has 4 heterocycles. The fourth-order valence-electron chi connectivity index (χ4n) is 5.24. The van der Waals surface area contributed by atoms with Gasteiger partial charge in [-0.2, -0.15) is 0 Å². The number of carbonyl (C=O) groups is 1. The smallest absolute Gasteiger partial charge is 0.484 e. The molecule has 0 spiro atoms. The topological polar surface area (TPSA) is 62.1 Å². The predicted octanol–water partition coefficient (Wildman–Crippen LogP) is 6.74. The molecule has 0 saturated heterocycles. The van der Waals surface area contributed by atoms with Crippen LogP contribution < -0.4 is 10.1 Å². The number of fused-ring (bicyclic) bond motifs is 2. The molecule has 41 heavy (non-hydrogen) atoms. The van der Waals surface area contributed by atoms with E-state index in [0.29, 0.717) is 46.2 Å². The molecule has 1 aromatic carbocycles. The molecule has 9 heteroatoms. The number of aromatic amines is 1. The minimum atomic E-state index is -4.10. The number of benzene rings is 1. The zero-order valence-electron chi connectivity index (χ0n) is 23.9. The minimum absolute atomic E-state index is 0.0486. The molecule has 2 N–H and O–H groups in total. The third-order valence-electron chi connectivity index (χ3n) is 7.34. The summed E-state index contributed by atoms with van der Waals surface area (Å²) >= 11 is 0. The van der Waals surface area contributed by atoms with Gasteiger partial charge in [-0.05, 0) is 66.3 Å². The van der Waals surface area contributed by atoms with Gasteiger partial charge in [0.15, 0.2) is 18.0 Å². The largest absolute Gasteiger partial charge is 0.737 e. The molecule has 2 aromatic heterocycles. The van der Waals surface area contributed by atoms with Gasteiger partial charge in [0.25, 0.3) is 5.91 Å². The van der Waals surface area contributed by atoms with Gasteiger partial charge in [0.1, 0.15) is 11.4 Å². The van der Waals surface area contributed by atoms with E-state index in [9.17, 15) is 4.79 Å². The van der Waals surface area contributed by atoms with Gasteiger partial charge >= 0.3 is 6.97 Å². The van der Waals surface area contributed by atoms with E-state index in [-0.39, 0.29) is 12.5 Å². The van der Waals surface area contributed by atoms with Crippen molar-refractivity contribution in [2.24, 2.45) is 5.41 Å². The van der Waals surface area contributed by atoms with Crippen LogP contribution in [0, 0.1) is 5.41 Å². The Bertz CT molecular complexity index is 1510. The lowest BCUT2D eigenvalue weighted by Gasteiger charge is -2.30. The molecule has 0 atom stereocenters. The minimum Gasteiger partial charge on any atom is -0.484 e. The normalized spacial score (nSPS) is 15.7. The summed E-state index contributed by atoms with van der Waals surface area (Å²) in [6, 6.07) is 14.2. The molecule has 2 aliphatic heterocycles. The summed E-state index contributed by atoms with van der Waals surface area (Å²) in [5.41, 5.74) is 3.61. The van der Waals surface area contributed by atoms with Crippen molar-refractivity contribution >= 4 is 36.8 Å². The van der Waals surface area contributed by atoms with Gasteiger partial charge in [0.05, 0.1) is 0 Å². The Balaban J connectivity index is 1.17. The van der Waals surface area contributed by atoms with E-state index >= 15 is 8.63 Å². The van der Waals surface area contributed by atoms with Gasteiger partial charge in [-0.25, -0.2) is 0 Å². The molecule has 0 aliphatic carbocycles. The Hall–Kier alpha value is -4.14. The van der Waals surface area contributed by atoms with Gasteiger partial charge in [-0.3, -0.25) is 4.79 Å². The summed E-state index contributed by atoms with van der Waals surface area (Å²) in [4.78, 5) is 15.1. The standard InChI is InChI=1S/C32H37BF2N4O2/c1-32(2,3)19-5-4-6-20-37-31(40)23-41-28-16-10-24(11-17-28)9-12-25-13-14-26-22-27-15-18-30(29-8-7-21-36-29)39(27)33(34,35)38(25)26/h7-18,21-22,36H,4-6,19-20,23H2,1-3H3,(H,37,40)/b12-9-. The van der Waals surface area contributed by atoms with Crippen LogP contribution in [-0.2, 0) is 4.79 Å². The first-order valence-electron chi connectivity index (χ1n) is 14.2. The van der Waals surface area contributed by atoms with Crippen LogP contribution >= 0.6 is 0 Å². The Labute approximate surface area is 240 Å². The fraction of sp³-hybridized carbons (Fsp3) is 0.312. The molecule has 214 valence electrons. The van der Waals surface area contributed by atoms with E-state index in [0.717, 1.165) is 33.8 Å². The highest BCUT2D eigenvalue weighted by molar-refractivity contribution is 6.58. The molecule has 0 bridgehead atoms. The Morgan fingerprint density at radius 3 is 2.59 bits per heavy atom. The van der Waals surface area contributed by atoms with Crippen LogP contribution in [0.25, 0.3) is 18.2 Å². The summed E-state index contributed by atoms with van der Waals surface area (Å²) < 4.78 is 39.7. The Morgan fingerprint density at radius 2 is 1.85 bits per heavy atom. The number of carbonyl (C=O) groups excluding carboxylic acids is 1. The number of nitrogens with zero attached hydrogens (tertiary/aromatic N) is 2. The van der Waals surface area contributed by atoms with E-state index in [1.54, 1.807) is 73.0 Å². The Morgan fingerprint density at radius 1 is 1.05 bits per heavy atom. The van der Waals surface area contributed by atoms with Gasteiger partial charge < -0.3 is 32.6 Å². The lowest BCUT2D eigenvalue weighted by molar-refractivity contribution is -0.360. The third kappa shape index (κ3) is 6.61. The van der Waals surface area contributed by atoms with Crippen molar-refractivity contribution in [1.29, 1.82) is 0 Å². The summed E-state index contributed by atoms with van der Waals surface area (Å²) in [6.07, 6.45) is 14.8. The second-order valence-corrected chi connectivity index (χ2v) is 11.8. The maximum atomic E-state index is 15.9. The van der Waals surface area contributed by atoms with E-state index in [1.807, 2.05) is 12.1 Å². The van der Waals surface area contributed by atoms with Crippen LogP contribution in [0.3, 0.4) is 0 Å². The molecule has 6 nitrogen and oxygen atoms in total. The zero-order valence-corrected chi connectivity index (χ0v) is 23.9. The number of nitrogens with one attached hydrogen (secondary N) is 2. The van der Waals surface area contributed by atoms with Crippen molar-refractivity contribution in [2.45, 2.75) is 46.5 Å². The average molecular weight is 558 g/mol. The van der Waals surface area contributed by atoms with E-state index < -0.39 is 6.97 Å². The number of aromatic nitrogens is 2. The summed E-state index contributed by atoms with van der Waals surface area (Å²) in [5, 5.41) is 2.90. The first kappa shape index (κ1) is 28.4. The SMILES string of the molecule is CC(C)(C)CCCCCNC(=O)COc1ccc(/C=C\c2ccc3n2[B-](F)(F)[N+]2=C(c4ccc[nH]4)C=CC2=C3)cc1. The van der Waals surface area contributed by atoms with Gasteiger partial charge in [0, 0.05) is 42.4 Å². The van der Waals surface area contributed by atoms with Gasteiger partial charge in [0.2, 0.25) is 0 Å². The molecular formula is C32H37BF2N4O2. The second-order valence-electron chi connectivity index (χ2n) is 11.8. The fourth-order valence-corrected chi connectivity index (χ4v) is 5.24. The zero-order chi connectivity index (χ0) is 29.0. The van der Waals surface area contributed by atoms with Gasteiger partial charge in [-0.15, -0.1) is 0 Å². The van der Waals surface area contributed by atoms with Crippen molar-refractivity contribution in [1.82, 2.24) is 14.8 Å². The molecule has 1 amide bonds. The number of halogens is 2. The molecule has 5 rings (SSSR count). The number of ether oxygens (including phenoxy) is 1. The number of H-pyrrole nitrogens is 1. The van der Waals surface area contributed by atoms with Crippen LogP contribution in [0.4, 0.5) is 8.63 Å². The first-order chi connectivity index (χ1) is 19.6. The summed E-state index contributed by atoms with van der Waals surface area (Å²) in [6.45, 7) is 3.22. The second kappa shape index (κ2) is 11.8. The van der Waals surface area contributed by atoms with E-state index in [1.165, 1.54) is 6.42 Å². The monoisotopic (exact) mass is 558 g/mol. The van der Waals surface area contributed by atoms with E-state index in [4.69, 9.17) is 4.74 Å². The number of amides is 1. The van der Waals surface area contributed by atoms with E-state index in [2.05, 4.69) is 31.1 Å². The number of rotatable bonds is 11. The highest BCUT2D eigenvalue weighted by atomic mass is 19.2. The lowest BCUT2D eigenvalue weighted by atomic mass is 9.89. The van der Waals surface area contributed by atoms with Crippen LogP contribution in [0.15, 0.2) is 72.6 Å². The van der Waals surface area contributed by atoms with Gasteiger partial charge in [-0.1, -0.05) is 51.8 Å². The molecule has 2 aliphatic rings. The molecule has 0 unspecified atom stereocenters. The molecular weight excluding hydrogens is 521 g/mol. The Kier molecular flexibility index (Phi) is 8.15. The molecule has 3 aromatic rings. The number of unbranched alkanes of at least 4 members (excludes halogenated alkanes) is 2. The molecule has 0 fully saturated rings. The summed E-state index contributed by atoms with van der Waals surface area (Å²) in [7, 11) is 0. The maximum absolute atomic E-state index is 15.9. The number of hydrogen-bond donors (Lipinski definition) is 2. The van der Waals surface area contributed by atoms with Crippen LogP contribution in [0.5, 0.6) is 5.75 Å². The maximum Gasteiger partial charge on any atom is 0.737 e. The van der Waals surface area contributed by atoms with Crippen molar-refractivity contribution in [3.8, 4) is 5.75 Å². The highest BCUT2D eigenvalue weighted by Crippen LogP contribution is 2.34.